The van der Waals surface area contributed by atoms with Crippen LogP contribution in [0.2, 0.25) is 15.1 Å². The lowest BCUT2D eigenvalue weighted by molar-refractivity contribution is -0.122. The number of benzene rings is 3. The molecule has 3 rings (SSSR count). The van der Waals surface area contributed by atoms with Gasteiger partial charge in [-0.2, -0.15) is 4.31 Å². The van der Waals surface area contributed by atoms with Gasteiger partial charge in [-0.1, -0.05) is 53.0 Å². The maximum absolute atomic E-state index is 13.4. The fourth-order valence-electron chi connectivity index (χ4n) is 3.25. The Hall–Kier alpha value is -2.29. The molecule has 6 nitrogen and oxygen atoms in total. The van der Waals surface area contributed by atoms with Gasteiger partial charge >= 0.3 is 0 Å². The lowest BCUT2D eigenvalue weighted by atomic mass is 10.1. The Morgan fingerprint density at radius 2 is 1.62 bits per heavy atom. The molecule has 0 aliphatic carbocycles. The molecule has 0 radical (unpaired) electrons. The summed E-state index contributed by atoms with van der Waals surface area (Å²) >= 11 is 18.0. The minimum Gasteiger partial charge on any atom is -0.497 e. The number of nitrogens with zero attached hydrogens (tertiary/aromatic N) is 1. The molecule has 180 valence electrons. The number of hydrogen-bond acceptors (Lipinski definition) is 4. The third-order valence-corrected chi connectivity index (χ3v) is 7.90. The summed E-state index contributed by atoms with van der Waals surface area (Å²) in [5.74, 6) is 0.241. The third kappa shape index (κ3) is 6.64. The van der Waals surface area contributed by atoms with E-state index in [1.165, 1.54) is 24.3 Å². The molecule has 1 amide bonds. The summed E-state index contributed by atoms with van der Waals surface area (Å²) < 4.78 is 33.0. The van der Waals surface area contributed by atoms with Gasteiger partial charge in [-0.15, -0.1) is 0 Å². The van der Waals surface area contributed by atoms with Gasteiger partial charge in [0.05, 0.1) is 34.6 Å². The zero-order valence-corrected chi connectivity index (χ0v) is 21.5. The zero-order valence-electron chi connectivity index (χ0n) is 18.5. The summed E-state index contributed by atoms with van der Waals surface area (Å²) in [7, 11) is -2.45. The summed E-state index contributed by atoms with van der Waals surface area (Å²) in [4.78, 5) is 12.9. The van der Waals surface area contributed by atoms with E-state index in [0.29, 0.717) is 26.4 Å². The van der Waals surface area contributed by atoms with Gasteiger partial charge in [-0.3, -0.25) is 4.79 Å². The minimum absolute atomic E-state index is 0.0213. The van der Waals surface area contributed by atoms with E-state index < -0.39 is 22.5 Å². The van der Waals surface area contributed by atoms with Crippen LogP contribution >= 0.6 is 34.8 Å². The molecule has 34 heavy (non-hydrogen) atoms. The molecule has 0 aliphatic rings. The SMILES string of the molecule is COc1ccc(C(C)NC(=O)CN(Cc2ccc(Cl)c(Cl)c2)S(=O)(=O)c2ccc(Cl)cc2)cc1. The van der Waals surface area contributed by atoms with Gasteiger partial charge in [-0.25, -0.2) is 8.42 Å². The van der Waals surface area contributed by atoms with E-state index in [1.807, 2.05) is 19.1 Å². The smallest absolute Gasteiger partial charge is 0.243 e. The summed E-state index contributed by atoms with van der Waals surface area (Å²) in [6, 6.07) is 17.5. The van der Waals surface area contributed by atoms with Crippen molar-refractivity contribution in [2.24, 2.45) is 0 Å². The van der Waals surface area contributed by atoms with E-state index in [0.717, 1.165) is 9.87 Å². The first-order valence-electron chi connectivity index (χ1n) is 10.2. The van der Waals surface area contributed by atoms with Gasteiger partial charge in [0, 0.05) is 11.6 Å². The van der Waals surface area contributed by atoms with Crippen molar-refractivity contribution in [2.75, 3.05) is 13.7 Å². The first-order chi connectivity index (χ1) is 16.1. The second kappa shape index (κ2) is 11.4. The highest BCUT2D eigenvalue weighted by Crippen LogP contribution is 2.26. The molecule has 0 heterocycles. The molecule has 1 atom stereocenters. The standard InChI is InChI=1S/C24H23Cl3N2O4S/c1-16(18-4-8-20(33-2)9-5-18)28-24(30)15-29(14-17-3-12-22(26)23(27)13-17)34(31,32)21-10-6-19(25)7-11-21/h3-13,16H,14-15H2,1-2H3,(H,28,30). The predicted octanol–water partition coefficient (Wildman–Crippen LogP) is 5.72. The van der Waals surface area contributed by atoms with Gasteiger partial charge in [0.25, 0.3) is 0 Å². The molecule has 3 aromatic carbocycles. The Labute approximate surface area is 214 Å². The zero-order chi connectivity index (χ0) is 24.9. The van der Waals surface area contributed by atoms with Gasteiger partial charge in [0.1, 0.15) is 5.75 Å². The number of methoxy groups -OCH3 is 1. The van der Waals surface area contributed by atoms with Gasteiger partial charge in [-0.05, 0) is 66.6 Å². The van der Waals surface area contributed by atoms with Crippen LogP contribution in [0.15, 0.2) is 71.6 Å². The molecule has 1 N–H and O–H groups in total. The number of rotatable bonds is 9. The quantitative estimate of drug-likeness (QED) is 0.376. The van der Waals surface area contributed by atoms with E-state index in [9.17, 15) is 13.2 Å². The molecule has 0 bridgehead atoms. The van der Waals surface area contributed by atoms with Crippen LogP contribution in [0.1, 0.15) is 24.1 Å². The molecule has 0 aliphatic heterocycles. The van der Waals surface area contributed by atoms with Crippen molar-refractivity contribution in [3.05, 3.63) is 92.9 Å². The van der Waals surface area contributed by atoms with Crippen molar-refractivity contribution in [3.8, 4) is 5.75 Å². The van der Waals surface area contributed by atoms with Gasteiger partial charge in [0.15, 0.2) is 0 Å². The highest BCUT2D eigenvalue weighted by molar-refractivity contribution is 7.89. The number of halogens is 3. The first-order valence-corrected chi connectivity index (χ1v) is 12.8. The number of amides is 1. The summed E-state index contributed by atoms with van der Waals surface area (Å²) in [5, 5.41) is 3.90. The van der Waals surface area contributed by atoms with E-state index in [1.54, 1.807) is 37.4 Å². The average molecular weight is 542 g/mol. The second-order valence-corrected chi connectivity index (χ2v) is 10.7. The first kappa shape index (κ1) is 26.3. The molecule has 0 aromatic heterocycles. The Balaban J connectivity index is 1.83. The maximum Gasteiger partial charge on any atom is 0.243 e. The normalized spacial score (nSPS) is 12.4. The summed E-state index contributed by atoms with van der Waals surface area (Å²) in [6.07, 6.45) is 0. The van der Waals surface area contributed by atoms with E-state index in [-0.39, 0.29) is 17.5 Å². The molecule has 0 saturated carbocycles. The minimum atomic E-state index is -4.02. The molecule has 3 aromatic rings. The number of sulfonamides is 1. The fourth-order valence-corrected chi connectivity index (χ4v) is 5.08. The van der Waals surface area contributed by atoms with Crippen LogP contribution in [0.3, 0.4) is 0 Å². The highest BCUT2D eigenvalue weighted by Gasteiger charge is 2.27. The van der Waals surface area contributed by atoms with Crippen molar-refractivity contribution in [1.82, 2.24) is 9.62 Å². The molecule has 0 fully saturated rings. The Morgan fingerprint density at radius 3 is 2.21 bits per heavy atom. The maximum atomic E-state index is 13.4. The van der Waals surface area contributed by atoms with Crippen LogP contribution in [0.5, 0.6) is 5.75 Å². The average Bonchev–Trinajstić information content (AvgIpc) is 2.81. The number of carbonyl (C=O) groups excluding carboxylic acids is 1. The third-order valence-electron chi connectivity index (χ3n) is 5.11. The van der Waals surface area contributed by atoms with Crippen LogP contribution in [-0.4, -0.2) is 32.3 Å². The van der Waals surface area contributed by atoms with E-state index in [2.05, 4.69) is 5.32 Å². The molecule has 0 spiro atoms. The van der Waals surface area contributed by atoms with Crippen molar-refractivity contribution >= 4 is 50.7 Å². The van der Waals surface area contributed by atoms with Crippen molar-refractivity contribution in [3.63, 3.8) is 0 Å². The topological polar surface area (TPSA) is 75.7 Å². The van der Waals surface area contributed by atoms with E-state index >= 15 is 0 Å². The number of hydrogen-bond donors (Lipinski definition) is 1. The van der Waals surface area contributed by atoms with Crippen molar-refractivity contribution < 1.29 is 17.9 Å². The predicted molar refractivity (Wildman–Crippen MR) is 135 cm³/mol. The monoisotopic (exact) mass is 540 g/mol. The molecule has 1 unspecified atom stereocenters. The molecule has 0 saturated heterocycles. The highest BCUT2D eigenvalue weighted by atomic mass is 35.5. The lowest BCUT2D eigenvalue weighted by Gasteiger charge is -2.23. The largest absolute Gasteiger partial charge is 0.497 e. The van der Waals surface area contributed by atoms with Gasteiger partial charge in [0.2, 0.25) is 15.9 Å². The molecular weight excluding hydrogens is 519 g/mol. The van der Waals surface area contributed by atoms with Crippen LogP contribution in [0.4, 0.5) is 0 Å². The Kier molecular flexibility index (Phi) is 8.84. The van der Waals surface area contributed by atoms with Crippen LogP contribution in [0, 0.1) is 0 Å². The van der Waals surface area contributed by atoms with Crippen LogP contribution in [0.25, 0.3) is 0 Å². The van der Waals surface area contributed by atoms with Crippen molar-refractivity contribution in [2.45, 2.75) is 24.4 Å². The van der Waals surface area contributed by atoms with Crippen LogP contribution < -0.4 is 10.1 Å². The second-order valence-electron chi connectivity index (χ2n) is 7.54. The Morgan fingerprint density at radius 1 is 0.971 bits per heavy atom. The summed E-state index contributed by atoms with van der Waals surface area (Å²) in [5.41, 5.74) is 1.44. The number of ether oxygens (including phenoxy) is 1. The number of nitrogens with one attached hydrogen (secondary N) is 1. The molecule has 10 heteroatoms. The Bertz CT molecular complexity index is 1250. The number of carbonyl (C=O) groups is 1. The van der Waals surface area contributed by atoms with Crippen molar-refractivity contribution in [1.29, 1.82) is 0 Å². The lowest BCUT2D eigenvalue weighted by Crippen LogP contribution is -2.41. The fraction of sp³-hybridized carbons (Fsp3) is 0.208. The van der Waals surface area contributed by atoms with Crippen LogP contribution in [-0.2, 0) is 21.4 Å². The van der Waals surface area contributed by atoms with E-state index in [4.69, 9.17) is 39.5 Å². The molecular formula is C24H23Cl3N2O4S. The summed E-state index contributed by atoms with van der Waals surface area (Å²) in [6.45, 7) is 1.34. The van der Waals surface area contributed by atoms with Gasteiger partial charge < -0.3 is 10.1 Å².